The normalized spacial score (nSPS) is 10.1. The Labute approximate surface area is 102 Å². The lowest BCUT2D eigenvalue weighted by atomic mass is 10.2. The zero-order valence-corrected chi connectivity index (χ0v) is 10.0. The molecule has 0 aliphatic heterocycles. The smallest absolute Gasteiger partial charge is 0.151 e. The van der Waals surface area contributed by atoms with Crippen molar-refractivity contribution >= 4 is 15.9 Å². The third kappa shape index (κ3) is 2.59. The first kappa shape index (κ1) is 11.1. The van der Waals surface area contributed by atoms with Crippen LogP contribution >= 0.6 is 15.9 Å². The van der Waals surface area contributed by atoms with Gasteiger partial charge in [-0.1, -0.05) is 15.9 Å². The highest BCUT2D eigenvalue weighted by molar-refractivity contribution is 9.10. The van der Waals surface area contributed by atoms with Gasteiger partial charge in [-0.15, -0.1) is 0 Å². The van der Waals surface area contributed by atoms with E-state index in [0.29, 0.717) is 11.5 Å². The van der Waals surface area contributed by atoms with E-state index in [4.69, 9.17) is 9.84 Å². The Balaban J connectivity index is 2.23. The average molecular weight is 280 g/mol. The standard InChI is InChI=1S/C12H10BrNO2/c13-10-1-3-11(4-2-10)16-12-7-14-6-5-9(12)8-15/h1-7,15H,8H2. The minimum Gasteiger partial charge on any atom is -0.455 e. The van der Waals surface area contributed by atoms with Crippen LogP contribution in [0.4, 0.5) is 0 Å². The SMILES string of the molecule is OCc1ccncc1Oc1ccc(Br)cc1. The van der Waals surface area contributed by atoms with Crippen LogP contribution in [-0.4, -0.2) is 10.1 Å². The molecule has 0 bridgehead atoms. The number of halogens is 1. The van der Waals surface area contributed by atoms with Crippen molar-refractivity contribution in [3.8, 4) is 11.5 Å². The molecule has 1 heterocycles. The van der Waals surface area contributed by atoms with Crippen LogP contribution in [0.3, 0.4) is 0 Å². The predicted molar refractivity (Wildman–Crippen MR) is 64.4 cm³/mol. The molecule has 0 fully saturated rings. The summed E-state index contributed by atoms with van der Waals surface area (Å²) in [6.07, 6.45) is 3.22. The highest BCUT2D eigenvalue weighted by Gasteiger charge is 2.03. The van der Waals surface area contributed by atoms with E-state index in [1.165, 1.54) is 0 Å². The van der Waals surface area contributed by atoms with Gasteiger partial charge in [-0.2, -0.15) is 0 Å². The molecule has 16 heavy (non-hydrogen) atoms. The summed E-state index contributed by atoms with van der Waals surface area (Å²) >= 11 is 3.35. The zero-order valence-electron chi connectivity index (χ0n) is 8.43. The van der Waals surface area contributed by atoms with Gasteiger partial charge in [-0.05, 0) is 30.3 Å². The number of aliphatic hydroxyl groups excluding tert-OH is 1. The highest BCUT2D eigenvalue weighted by atomic mass is 79.9. The summed E-state index contributed by atoms with van der Waals surface area (Å²) in [7, 11) is 0. The van der Waals surface area contributed by atoms with E-state index < -0.39 is 0 Å². The number of rotatable bonds is 3. The van der Waals surface area contributed by atoms with Crippen molar-refractivity contribution in [2.75, 3.05) is 0 Å². The summed E-state index contributed by atoms with van der Waals surface area (Å²) < 4.78 is 6.61. The van der Waals surface area contributed by atoms with Gasteiger partial charge in [0.15, 0.2) is 5.75 Å². The van der Waals surface area contributed by atoms with Crippen molar-refractivity contribution in [2.45, 2.75) is 6.61 Å². The van der Waals surface area contributed by atoms with Crippen LogP contribution in [0, 0.1) is 0 Å². The van der Waals surface area contributed by atoms with E-state index in [1.807, 2.05) is 24.3 Å². The Morgan fingerprint density at radius 1 is 1.19 bits per heavy atom. The third-order valence-electron chi connectivity index (χ3n) is 2.08. The molecule has 0 amide bonds. The fourth-order valence-electron chi connectivity index (χ4n) is 1.26. The first-order valence-electron chi connectivity index (χ1n) is 4.77. The van der Waals surface area contributed by atoms with E-state index in [9.17, 15) is 0 Å². The molecule has 0 saturated carbocycles. The second kappa shape index (κ2) is 5.09. The largest absolute Gasteiger partial charge is 0.455 e. The van der Waals surface area contributed by atoms with Crippen LogP contribution in [0.2, 0.25) is 0 Å². The molecule has 0 saturated heterocycles. The lowest BCUT2D eigenvalue weighted by molar-refractivity contribution is 0.276. The molecule has 4 heteroatoms. The molecule has 1 aromatic heterocycles. The van der Waals surface area contributed by atoms with Gasteiger partial charge < -0.3 is 9.84 Å². The lowest BCUT2D eigenvalue weighted by Crippen LogP contribution is -1.92. The summed E-state index contributed by atoms with van der Waals surface area (Å²) in [6.45, 7) is -0.0611. The van der Waals surface area contributed by atoms with Crippen molar-refractivity contribution in [1.29, 1.82) is 0 Å². The first-order valence-corrected chi connectivity index (χ1v) is 5.56. The molecule has 0 atom stereocenters. The minimum atomic E-state index is -0.0611. The van der Waals surface area contributed by atoms with Crippen molar-refractivity contribution in [2.24, 2.45) is 0 Å². The summed E-state index contributed by atoms with van der Waals surface area (Å²) in [6, 6.07) is 9.21. The monoisotopic (exact) mass is 279 g/mol. The van der Waals surface area contributed by atoms with Gasteiger partial charge in [0, 0.05) is 16.2 Å². The number of aliphatic hydroxyl groups is 1. The Kier molecular flexibility index (Phi) is 3.54. The van der Waals surface area contributed by atoms with Crippen LogP contribution in [0.5, 0.6) is 11.5 Å². The number of ether oxygens (including phenoxy) is 1. The van der Waals surface area contributed by atoms with Crippen molar-refractivity contribution in [3.63, 3.8) is 0 Å². The summed E-state index contributed by atoms with van der Waals surface area (Å²) in [4.78, 5) is 3.96. The van der Waals surface area contributed by atoms with E-state index in [-0.39, 0.29) is 6.61 Å². The van der Waals surface area contributed by atoms with Crippen molar-refractivity contribution < 1.29 is 9.84 Å². The Morgan fingerprint density at radius 2 is 1.94 bits per heavy atom. The molecule has 1 aromatic carbocycles. The molecule has 1 N–H and O–H groups in total. The molecule has 0 radical (unpaired) electrons. The third-order valence-corrected chi connectivity index (χ3v) is 2.61. The van der Waals surface area contributed by atoms with E-state index in [2.05, 4.69) is 20.9 Å². The number of hydrogen-bond donors (Lipinski definition) is 1. The Hall–Kier alpha value is -1.39. The Morgan fingerprint density at radius 3 is 2.62 bits per heavy atom. The zero-order chi connectivity index (χ0) is 11.4. The summed E-state index contributed by atoms with van der Waals surface area (Å²) in [5, 5.41) is 9.13. The van der Waals surface area contributed by atoms with Gasteiger partial charge >= 0.3 is 0 Å². The van der Waals surface area contributed by atoms with Gasteiger partial charge in [-0.25, -0.2) is 0 Å². The highest BCUT2D eigenvalue weighted by Crippen LogP contribution is 2.25. The number of hydrogen-bond acceptors (Lipinski definition) is 3. The van der Waals surface area contributed by atoms with Crippen molar-refractivity contribution in [3.05, 3.63) is 52.8 Å². The van der Waals surface area contributed by atoms with E-state index in [0.717, 1.165) is 10.0 Å². The second-order valence-corrected chi connectivity index (χ2v) is 4.11. The molecular weight excluding hydrogens is 270 g/mol. The maximum Gasteiger partial charge on any atom is 0.151 e. The van der Waals surface area contributed by atoms with Gasteiger partial charge in [0.25, 0.3) is 0 Å². The van der Waals surface area contributed by atoms with Crippen LogP contribution in [0.15, 0.2) is 47.2 Å². The Bertz CT molecular complexity index is 471. The maximum atomic E-state index is 9.13. The molecule has 82 valence electrons. The van der Waals surface area contributed by atoms with E-state index >= 15 is 0 Å². The van der Waals surface area contributed by atoms with Gasteiger partial charge in [0.05, 0.1) is 12.8 Å². The number of nitrogens with zero attached hydrogens (tertiary/aromatic N) is 1. The predicted octanol–water partition coefficient (Wildman–Crippen LogP) is 3.13. The van der Waals surface area contributed by atoms with Gasteiger partial charge in [-0.3, -0.25) is 4.98 Å². The molecule has 2 rings (SSSR count). The summed E-state index contributed by atoms with van der Waals surface area (Å²) in [5.41, 5.74) is 0.720. The first-order chi connectivity index (χ1) is 7.79. The molecule has 2 aromatic rings. The van der Waals surface area contributed by atoms with Gasteiger partial charge in [0.1, 0.15) is 5.75 Å². The molecule has 0 aliphatic carbocycles. The molecule has 0 spiro atoms. The van der Waals surface area contributed by atoms with E-state index in [1.54, 1.807) is 18.5 Å². The quantitative estimate of drug-likeness (QED) is 0.939. The topological polar surface area (TPSA) is 42.4 Å². The van der Waals surface area contributed by atoms with Crippen molar-refractivity contribution in [1.82, 2.24) is 4.98 Å². The van der Waals surface area contributed by atoms with Crippen LogP contribution in [0.1, 0.15) is 5.56 Å². The summed E-state index contributed by atoms with van der Waals surface area (Å²) in [5.74, 6) is 1.29. The number of benzene rings is 1. The average Bonchev–Trinajstić information content (AvgIpc) is 2.33. The fourth-order valence-corrected chi connectivity index (χ4v) is 1.53. The second-order valence-electron chi connectivity index (χ2n) is 3.20. The molecular formula is C12H10BrNO2. The number of pyridine rings is 1. The minimum absolute atomic E-state index is 0.0611. The molecule has 0 aliphatic rings. The van der Waals surface area contributed by atoms with Crippen LogP contribution in [-0.2, 0) is 6.61 Å². The lowest BCUT2D eigenvalue weighted by Gasteiger charge is -2.08. The van der Waals surface area contributed by atoms with Gasteiger partial charge in [0.2, 0.25) is 0 Å². The maximum absolute atomic E-state index is 9.13. The fraction of sp³-hybridized carbons (Fsp3) is 0.0833. The molecule has 3 nitrogen and oxygen atoms in total. The van der Waals surface area contributed by atoms with Crippen LogP contribution in [0.25, 0.3) is 0 Å². The number of aromatic nitrogens is 1. The molecule has 0 unspecified atom stereocenters. The van der Waals surface area contributed by atoms with Crippen LogP contribution < -0.4 is 4.74 Å².